The zero-order valence-corrected chi connectivity index (χ0v) is 11.2. The molecular weight excluding hydrogens is 266 g/mol. The van der Waals surface area contributed by atoms with E-state index in [1.54, 1.807) is 18.1 Å². The lowest BCUT2D eigenvalue weighted by Gasteiger charge is -2.05. The van der Waals surface area contributed by atoms with Crippen LogP contribution >= 0.6 is 23.3 Å². The molecule has 6 heteroatoms. The number of thioether (sulfide) groups is 1. The molecule has 1 aromatic heterocycles. The van der Waals surface area contributed by atoms with Crippen LogP contribution in [0.4, 0.5) is 0 Å². The monoisotopic (exact) mass is 277 g/mol. The van der Waals surface area contributed by atoms with E-state index in [1.807, 2.05) is 24.3 Å². The fourth-order valence-corrected chi connectivity index (χ4v) is 2.64. The van der Waals surface area contributed by atoms with E-state index in [1.165, 1.54) is 11.5 Å². The molecule has 0 fully saturated rings. The van der Waals surface area contributed by atoms with E-state index in [4.69, 9.17) is 10.00 Å². The summed E-state index contributed by atoms with van der Waals surface area (Å²) in [7, 11) is 0. The molecule has 0 amide bonds. The minimum Gasteiger partial charge on any atom is -0.493 e. The highest BCUT2D eigenvalue weighted by Crippen LogP contribution is 2.18. The van der Waals surface area contributed by atoms with E-state index in [9.17, 15) is 0 Å². The number of nitrogens with zero attached hydrogens (tertiary/aromatic N) is 3. The third-order valence-corrected chi connectivity index (χ3v) is 3.89. The Bertz CT molecular complexity index is 505. The van der Waals surface area contributed by atoms with Crippen molar-refractivity contribution in [2.75, 3.05) is 12.4 Å². The Balaban J connectivity index is 1.71. The molecule has 0 radical (unpaired) electrons. The predicted molar refractivity (Wildman–Crippen MR) is 71.9 cm³/mol. The van der Waals surface area contributed by atoms with Crippen LogP contribution in [0.25, 0.3) is 0 Å². The van der Waals surface area contributed by atoms with Crippen LogP contribution < -0.4 is 4.74 Å². The number of benzene rings is 1. The Morgan fingerprint density at radius 1 is 1.33 bits per heavy atom. The van der Waals surface area contributed by atoms with Gasteiger partial charge in [0.05, 0.1) is 19.1 Å². The maximum absolute atomic E-state index is 8.56. The first-order valence-electron chi connectivity index (χ1n) is 5.36. The molecule has 0 spiro atoms. The van der Waals surface area contributed by atoms with Gasteiger partial charge >= 0.3 is 0 Å². The first-order chi connectivity index (χ1) is 8.88. The van der Waals surface area contributed by atoms with Crippen LogP contribution in [0.15, 0.2) is 34.9 Å². The summed E-state index contributed by atoms with van der Waals surface area (Å²) >= 11 is 3.03. The number of ether oxygens (including phenoxy) is 1. The highest BCUT2D eigenvalue weighted by Gasteiger charge is 1.99. The Hall–Kier alpha value is -1.58. The summed E-state index contributed by atoms with van der Waals surface area (Å²) < 4.78 is 10.5. The summed E-state index contributed by atoms with van der Waals surface area (Å²) in [5.41, 5.74) is 1.01. The summed E-state index contributed by atoms with van der Waals surface area (Å²) in [6, 6.07) is 9.72. The SMILES string of the molecule is N#CCc1ccc(OCCSc2ncns2)cc1. The van der Waals surface area contributed by atoms with Crippen LogP contribution in [0.1, 0.15) is 5.56 Å². The van der Waals surface area contributed by atoms with Crippen molar-refractivity contribution in [3.8, 4) is 11.8 Å². The molecule has 0 aliphatic rings. The van der Waals surface area contributed by atoms with Gasteiger partial charge in [0, 0.05) is 5.75 Å². The van der Waals surface area contributed by atoms with Gasteiger partial charge in [0.25, 0.3) is 0 Å². The molecule has 0 saturated carbocycles. The summed E-state index contributed by atoms with van der Waals surface area (Å²) in [5.74, 6) is 1.67. The topological polar surface area (TPSA) is 58.8 Å². The molecule has 0 saturated heterocycles. The molecule has 0 aliphatic heterocycles. The van der Waals surface area contributed by atoms with Gasteiger partial charge < -0.3 is 4.74 Å². The minimum atomic E-state index is 0.438. The zero-order chi connectivity index (χ0) is 12.6. The summed E-state index contributed by atoms with van der Waals surface area (Å²) in [5, 5.41) is 8.56. The normalized spacial score (nSPS) is 9.94. The largest absolute Gasteiger partial charge is 0.493 e. The zero-order valence-electron chi connectivity index (χ0n) is 9.57. The lowest BCUT2D eigenvalue weighted by atomic mass is 10.2. The van der Waals surface area contributed by atoms with Gasteiger partial charge in [-0.2, -0.15) is 9.64 Å². The average Bonchev–Trinajstić information content (AvgIpc) is 2.90. The van der Waals surface area contributed by atoms with Crippen molar-refractivity contribution in [2.45, 2.75) is 10.8 Å². The maximum atomic E-state index is 8.56. The van der Waals surface area contributed by atoms with Crippen LogP contribution in [0.3, 0.4) is 0 Å². The Kier molecular flexibility index (Phi) is 5.00. The van der Waals surface area contributed by atoms with Gasteiger partial charge in [-0.05, 0) is 29.2 Å². The van der Waals surface area contributed by atoms with Crippen molar-refractivity contribution in [1.29, 1.82) is 5.26 Å². The smallest absolute Gasteiger partial charge is 0.169 e. The van der Waals surface area contributed by atoms with Gasteiger partial charge in [-0.25, -0.2) is 4.98 Å². The number of nitriles is 1. The fraction of sp³-hybridized carbons (Fsp3) is 0.250. The Morgan fingerprint density at radius 2 is 2.17 bits per heavy atom. The molecule has 0 aliphatic carbocycles. The molecule has 0 bridgehead atoms. The summed E-state index contributed by atoms with van der Waals surface area (Å²) in [6.45, 7) is 0.627. The molecule has 1 aromatic carbocycles. The third-order valence-electron chi connectivity index (χ3n) is 2.13. The molecule has 0 atom stereocenters. The van der Waals surface area contributed by atoms with Crippen LogP contribution in [0, 0.1) is 11.3 Å². The van der Waals surface area contributed by atoms with E-state index in [2.05, 4.69) is 15.4 Å². The van der Waals surface area contributed by atoms with Gasteiger partial charge in [-0.3, -0.25) is 0 Å². The second-order valence-electron chi connectivity index (χ2n) is 3.38. The second kappa shape index (κ2) is 6.99. The molecule has 0 N–H and O–H groups in total. The first-order valence-corrected chi connectivity index (χ1v) is 7.12. The van der Waals surface area contributed by atoms with Crippen molar-refractivity contribution in [3.63, 3.8) is 0 Å². The minimum absolute atomic E-state index is 0.438. The quantitative estimate of drug-likeness (QED) is 0.600. The third kappa shape index (κ3) is 4.02. The van der Waals surface area contributed by atoms with Gasteiger partial charge in [0.1, 0.15) is 12.1 Å². The van der Waals surface area contributed by atoms with Crippen LogP contribution in [0.2, 0.25) is 0 Å². The molecule has 4 nitrogen and oxygen atoms in total. The molecular formula is C12H11N3OS2. The number of hydrogen-bond donors (Lipinski definition) is 0. The number of rotatable bonds is 6. The van der Waals surface area contributed by atoms with E-state index in [0.29, 0.717) is 13.0 Å². The van der Waals surface area contributed by atoms with Crippen molar-refractivity contribution >= 4 is 23.3 Å². The lowest BCUT2D eigenvalue weighted by Crippen LogP contribution is -1.99. The molecule has 92 valence electrons. The van der Waals surface area contributed by atoms with Crippen molar-refractivity contribution in [1.82, 2.24) is 9.36 Å². The Labute approximate surface area is 114 Å². The number of aromatic nitrogens is 2. The molecule has 2 rings (SSSR count). The first kappa shape index (κ1) is 12.9. The van der Waals surface area contributed by atoms with Crippen LogP contribution in [-0.2, 0) is 6.42 Å². The molecule has 18 heavy (non-hydrogen) atoms. The van der Waals surface area contributed by atoms with Crippen molar-refractivity contribution < 1.29 is 4.74 Å². The number of hydrogen-bond acceptors (Lipinski definition) is 6. The van der Waals surface area contributed by atoms with Gasteiger partial charge in [-0.15, -0.1) is 0 Å². The predicted octanol–water partition coefficient (Wildman–Crippen LogP) is 2.78. The van der Waals surface area contributed by atoms with Crippen molar-refractivity contribution in [3.05, 3.63) is 36.2 Å². The van der Waals surface area contributed by atoms with Crippen LogP contribution in [-0.4, -0.2) is 21.7 Å². The average molecular weight is 277 g/mol. The van der Waals surface area contributed by atoms with Crippen LogP contribution in [0.5, 0.6) is 5.75 Å². The molecule has 0 unspecified atom stereocenters. The maximum Gasteiger partial charge on any atom is 0.169 e. The van der Waals surface area contributed by atoms with Gasteiger partial charge in [-0.1, -0.05) is 23.9 Å². The summed E-state index contributed by atoms with van der Waals surface area (Å²) in [6.07, 6.45) is 1.99. The second-order valence-corrected chi connectivity index (χ2v) is 5.51. The standard InChI is InChI=1S/C12H11N3OS2/c13-6-5-10-1-3-11(4-2-10)16-7-8-17-12-14-9-15-18-12/h1-4,9H,5,7-8H2. The van der Waals surface area contributed by atoms with E-state index in [0.717, 1.165) is 21.4 Å². The van der Waals surface area contributed by atoms with E-state index < -0.39 is 0 Å². The highest BCUT2D eigenvalue weighted by molar-refractivity contribution is 8.00. The fourth-order valence-electron chi connectivity index (χ4n) is 1.31. The van der Waals surface area contributed by atoms with Crippen molar-refractivity contribution in [2.24, 2.45) is 0 Å². The Morgan fingerprint density at radius 3 is 2.83 bits per heavy atom. The molecule has 1 heterocycles. The summed E-state index contributed by atoms with van der Waals surface area (Å²) in [4.78, 5) is 4.08. The van der Waals surface area contributed by atoms with E-state index >= 15 is 0 Å². The van der Waals surface area contributed by atoms with E-state index in [-0.39, 0.29) is 0 Å². The lowest BCUT2D eigenvalue weighted by molar-refractivity contribution is 0.344. The van der Waals surface area contributed by atoms with Gasteiger partial charge in [0.2, 0.25) is 0 Å². The van der Waals surface area contributed by atoms with Gasteiger partial charge in [0.15, 0.2) is 4.34 Å². The molecule has 2 aromatic rings. The highest BCUT2D eigenvalue weighted by atomic mass is 32.2.